The molecule has 6 heteroatoms. The lowest BCUT2D eigenvalue weighted by molar-refractivity contribution is 0.0277. The molecular weight excluding hydrogens is 216 g/mol. The first-order valence-corrected chi connectivity index (χ1v) is 7.01. The molecule has 1 fully saturated rings. The van der Waals surface area contributed by atoms with Gasteiger partial charge in [0.15, 0.2) is 0 Å². The molecule has 90 valence electrons. The largest absolute Gasteiger partial charge is 0.374 e. The Bertz CT molecular complexity index is 271. The number of hydrogen-bond acceptors (Lipinski definition) is 4. The molecule has 0 spiro atoms. The lowest BCUT2D eigenvalue weighted by Gasteiger charge is -2.27. The van der Waals surface area contributed by atoms with Crippen LogP contribution >= 0.6 is 0 Å². The molecule has 0 atom stereocenters. The smallest absolute Gasteiger partial charge is 0.216 e. The number of nitrogens with zero attached hydrogens (tertiary/aromatic N) is 1. The summed E-state index contributed by atoms with van der Waals surface area (Å²) in [6.07, 6.45) is 0.205. The van der Waals surface area contributed by atoms with Crippen LogP contribution in [-0.2, 0) is 14.8 Å². The minimum atomic E-state index is -3.11. The molecule has 1 saturated heterocycles. The molecule has 1 aliphatic heterocycles. The molecule has 15 heavy (non-hydrogen) atoms. The quantitative estimate of drug-likeness (QED) is 0.656. The van der Waals surface area contributed by atoms with Crippen molar-refractivity contribution in [1.29, 1.82) is 0 Å². The number of sulfonamides is 1. The van der Waals surface area contributed by atoms with E-state index in [1.54, 1.807) is 0 Å². The number of nitrogens with one attached hydrogen (secondary N) is 1. The van der Waals surface area contributed by atoms with Crippen LogP contribution in [0.15, 0.2) is 0 Å². The highest BCUT2D eigenvalue weighted by molar-refractivity contribution is 7.89. The van der Waals surface area contributed by atoms with Crippen molar-refractivity contribution in [2.45, 2.75) is 20.0 Å². The molecule has 0 bridgehead atoms. The number of ether oxygens (including phenoxy) is 1. The van der Waals surface area contributed by atoms with E-state index >= 15 is 0 Å². The van der Waals surface area contributed by atoms with Crippen LogP contribution < -0.4 is 5.32 Å². The van der Waals surface area contributed by atoms with Gasteiger partial charge in [0.2, 0.25) is 10.0 Å². The van der Waals surface area contributed by atoms with Gasteiger partial charge < -0.3 is 10.1 Å². The summed E-state index contributed by atoms with van der Waals surface area (Å²) in [6.45, 7) is 6.73. The molecule has 0 aromatic rings. The number of hydrogen-bond donors (Lipinski definition) is 1. The third-order valence-corrected chi connectivity index (χ3v) is 4.52. The van der Waals surface area contributed by atoms with Crippen molar-refractivity contribution in [3.63, 3.8) is 0 Å². The predicted molar refractivity (Wildman–Crippen MR) is 59.3 cm³/mol. The van der Waals surface area contributed by atoms with Crippen LogP contribution in [0.25, 0.3) is 0 Å². The van der Waals surface area contributed by atoms with Gasteiger partial charge in [0.1, 0.15) is 0 Å². The highest BCUT2D eigenvalue weighted by atomic mass is 32.2. The molecule has 1 N–H and O–H groups in total. The van der Waals surface area contributed by atoms with Gasteiger partial charge in [-0.1, -0.05) is 13.8 Å². The molecule has 0 aromatic heterocycles. The SMILES string of the molecule is CCN(CC)S(=O)(=O)CCOC1CNC1. The minimum absolute atomic E-state index is 0.0885. The zero-order valence-electron chi connectivity index (χ0n) is 9.40. The molecule has 0 aliphatic carbocycles. The first kappa shape index (κ1) is 12.9. The van der Waals surface area contributed by atoms with E-state index < -0.39 is 10.0 Å². The van der Waals surface area contributed by atoms with Gasteiger partial charge in [0, 0.05) is 26.2 Å². The molecule has 0 saturated carbocycles. The van der Waals surface area contributed by atoms with Crippen molar-refractivity contribution in [1.82, 2.24) is 9.62 Å². The summed E-state index contributed by atoms with van der Waals surface area (Å²) in [6, 6.07) is 0. The van der Waals surface area contributed by atoms with Crippen molar-refractivity contribution in [2.75, 3.05) is 38.5 Å². The third-order valence-electron chi connectivity index (χ3n) is 2.54. The van der Waals surface area contributed by atoms with Crippen molar-refractivity contribution in [3.8, 4) is 0 Å². The van der Waals surface area contributed by atoms with E-state index in [1.807, 2.05) is 13.8 Å². The maximum atomic E-state index is 11.7. The minimum Gasteiger partial charge on any atom is -0.374 e. The summed E-state index contributed by atoms with van der Waals surface area (Å²) in [7, 11) is -3.11. The Labute approximate surface area is 91.8 Å². The highest BCUT2D eigenvalue weighted by Gasteiger charge is 2.21. The molecule has 1 aliphatic rings. The van der Waals surface area contributed by atoms with E-state index in [-0.39, 0.29) is 11.9 Å². The molecule has 0 aromatic carbocycles. The Hall–Kier alpha value is -0.170. The van der Waals surface area contributed by atoms with Gasteiger partial charge in [-0.15, -0.1) is 0 Å². The second-order valence-electron chi connectivity index (χ2n) is 3.55. The van der Waals surface area contributed by atoms with Gasteiger partial charge >= 0.3 is 0 Å². The monoisotopic (exact) mass is 236 g/mol. The predicted octanol–water partition coefficient (Wildman–Crippen LogP) is -0.354. The average Bonchev–Trinajstić information content (AvgIpc) is 2.11. The molecule has 1 heterocycles. The van der Waals surface area contributed by atoms with Gasteiger partial charge in [-0.25, -0.2) is 12.7 Å². The van der Waals surface area contributed by atoms with Crippen LogP contribution in [0.1, 0.15) is 13.8 Å². The topological polar surface area (TPSA) is 58.6 Å². The fourth-order valence-corrected chi connectivity index (χ4v) is 2.80. The fourth-order valence-electron chi connectivity index (χ4n) is 1.45. The molecule has 5 nitrogen and oxygen atoms in total. The third kappa shape index (κ3) is 3.71. The zero-order valence-corrected chi connectivity index (χ0v) is 10.2. The Kier molecular flexibility index (Phi) is 4.98. The van der Waals surface area contributed by atoms with Crippen LogP contribution in [0, 0.1) is 0 Å². The Morgan fingerprint density at radius 2 is 1.93 bits per heavy atom. The van der Waals surface area contributed by atoms with Gasteiger partial charge in [-0.2, -0.15) is 0 Å². The standard InChI is InChI=1S/C9H20N2O3S/c1-3-11(4-2)15(12,13)6-5-14-9-7-10-8-9/h9-10H,3-8H2,1-2H3. The van der Waals surface area contributed by atoms with Gasteiger partial charge in [-0.3, -0.25) is 0 Å². The number of rotatable bonds is 7. The summed E-state index contributed by atoms with van der Waals surface area (Å²) in [5, 5.41) is 3.07. The normalized spacial score (nSPS) is 18.1. The Morgan fingerprint density at radius 3 is 2.33 bits per heavy atom. The van der Waals surface area contributed by atoms with Crippen LogP contribution in [0.2, 0.25) is 0 Å². The molecule has 0 radical (unpaired) electrons. The lowest BCUT2D eigenvalue weighted by atomic mass is 10.2. The molecular formula is C9H20N2O3S. The molecule has 1 rings (SSSR count). The maximum Gasteiger partial charge on any atom is 0.216 e. The summed E-state index contributed by atoms with van der Waals surface area (Å²) in [5.41, 5.74) is 0. The van der Waals surface area contributed by atoms with Crippen LogP contribution in [0.4, 0.5) is 0 Å². The van der Waals surface area contributed by atoms with Crippen molar-refractivity contribution < 1.29 is 13.2 Å². The summed E-state index contributed by atoms with van der Waals surface area (Å²) in [4.78, 5) is 0. The van der Waals surface area contributed by atoms with Crippen molar-refractivity contribution in [2.24, 2.45) is 0 Å². The van der Waals surface area contributed by atoms with Crippen molar-refractivity contribution in [3.05, 3.63) is 0 Å². The van der Waals surface area contributed by atoms with Gasteiger partial charge in [-0.05, 0) is 0 Å². The van der Waals surface area contributed by atoms with Crippen LogP contribution in [0.5, 0.6) is 0 Å². The summed E-state index contributed by atoms with van der Waals surface area (Å²) >= 11 is 0. The van der Waals surface area contributed by atoms with Gasteiger partial charge in [0.05, 0.1) is 18.5 Å². The Morgan fingerprint density at radius 1 is 1.33 bits per heavy atom. The fraction of sp³-hybridized carbons (Fsp3) is 1.00. The molecule has 0 unspecified atom stereocenters. The lowest BCUT2D eigenvalue weighted by Crippen LogP contribution is -2.49. The highest BCUT2D eigenvalue weighted by Crippen LogP contribution is 2.03. The zero-order chi connectivity index (χ0) is 11.3. The van der Waals surface area contributed by atoms with Crippen LogP contribution in [-0.4, -0.2) is 57.4 Å². The second-order valence-corrected chi connectivity index (χ2v) is 5.64. The van der Waals surface area contributed by atoms with E-state index in [0.717, 1.165) is 13.1 Å². The first-order valence-electron chi connectivity index (χ1n) is 5.40. The van der Waals surface area contributed by atoms with Gasteiger partial charge in [0.25, 0.3) is 0 Å². The Balaban J connectivity index is 2.28. The van der Waals surface area contributed by atoms with E-state index in [0.29, 0.717) is 19.7 Å². The second kappa shape index (κ2) is 5.79. The van der Waals surface area contributed by atoms with Crippen molar-refractivity contribution >= 4 is 10.0 Å². The first-order chi connectivity index (χ1) is 7.10. The summed E-state index contributed by atoms with van der Waals surface area (Å²) in [5.74, 6) is 0.0885. The van der Waals surface area contributed by atoms with Crippen LogP contribution in [0.3, 0.4) is 0 Å². The summed E-state index contributed by atoms with van der Waals surface area (Å²) < 4.78 is 30.3. The molecule has 0 amide bonds. The van der Waals surface area contributed by atoms with E-state index in [2.05, 4.69) is 5.32 Å². The van der Waals surface area contributed by atoms with E-state index in [1.165, 1.54) is 4.31 Å². The van der Waals surface area contributed by atoms with E-state index in [4.69, 9.17) is 4.74 Å². The maximum absolute atomic E-state index is 11.7. The van der Waals surface area contributed by atoms with E-state index in [9.17, 15) is 8.42 Å². The average molecular weight is 236 g/mol.